The van der Waals surface area contributed by atoms with Gasteiger partial charge in [0.15, 0.2) is 5.96 Å². The molecule has 0 amide bonds. The number of methoxy groups -OCH3 is 1. The molecule has 0 saturated carbocycles. The second-order valence-corrected chi connectivity index (χ2v) is 7.78. The first-order valence-electron chi connectivity index (χ1n) is 9.11. The zero-order chi connectivity index (χ0) is 19.2. The molecule has 154 valence electrons. The van der Waals surface area contributed by atoms with Crippen molar-refractivity contribution in [1.82, 2.24) is 15.6 Å². The normalized spacial score (nSPS) is 16.6. The van der Waals surface area contributed by atoms with Crippen molar-refractivity contribution in [2.45, 2.75) is 32.4 Å². The van der Waals surface area contributed by atoms with Crippen molar-refractivity contribution in [3.05, 3.63) is 39.3 Å². The van der Waals surface area contributed by atoms with Crippen molar-refractivity contribution < 1.29 is 4.74 Å². The molecule has 1 saturated heterocycles. The van der Waals surface area contributed by atoms with Crippen molar-refractivity contribution in [3.8, 4) is 5.75 Å². The van der Waals surface area contributed by atoms with Gasteiger partial charge >= 0.3 is 0 Å². The molecule has 2 N–H and O–H groups in total. The molecule has 1 unspecified atom stereocenters. The van der Waals surface area contributed by atoms with Crippen LogP contribution in [0.2, 0.25) is 5.02 Å². The van der Waals surface area contributed by atoms with E-state index in [1.54, 1.807) is 25.5 Å². The summed E-state index contributed by atoms with van der Waals surface area (Å²) in [6, 6.07) is 6.03. The van der Waals surface area contributed by atoms with Crippen LogP contribution in [0.15, 0.2) is 28.6 Å². The molecule has 0 bridgehead atoms. The monoisotopic (exact) mass is 535 g/mol. The molecule has 3 rings (SSSR count). The highest BCUT2D eigenvalue weighted by Crippen LogP contribution is 2.33. The van der Waals surface area contributed by atoms with Crippen LogP contribution in [0.5, 0.6) is 5.75 Å². The van der Waals surface area contributed by atoms with E-state index in [0.29, 0.717) is 12.6 Å². The van der Waals surface area contributed by atoms with Crippen molar-refractivity contribution >= 4 is 58.6 Å². The third kappa shape index (κ3) is 5.87. The van der Waals surface area contributed by atoms with Gasteiger partial charge in [-0.25, -0.2) is 4.98 Å². The van der Waals surface area contributed by atoms with Crippen LogP contribution in [0.3, 0.4) is 0 Å². The third-order valence-corrected chi connectivity index (χ3v) is 5.85. The fraction of sp³-hybridized carbons (Fsp3) is 0.474. The lowest BCUT2D eigenvalue weighted by Crippen LogP contribution is -2.44. The first-order chi connectivity index (χ1) is 13.1. The van der Waals surface area contributed by atoms with Crippen LogP contribution in [-0.4, -0.2) is 44.2 Å². The highest BCUT2D eigenvalue weighted by Gasteiger charge is 2.25. The average Bonchev–Trinajstić information content (AvgIpc) is 3.34. The Kier molecular flexibility index (Phi) is 9.10. The Bertz CT molecular complexity index is 800. The molecule has 2 aromatic rings. The number of aromatic nitrogens is 1. The van der Waals surface area contributed by atoms with E-state index in [2.05, 4.69) is 37.8 Å². The van der Waals surface area contributed by atoms with Gasteiger partial charge in [0.1, 0.15) is 5.75 Å². The summed E-state index contributed by atoms with van der Waals surface area (Å²) in [5.74, 6) is 1.64. The van der Waals surface area contributed by atoms with Gasteiger partial charge in [0, 0.05) is 36.6 Å². The minimum atomic E-state index is 0. The number of ether oxygens (including phenoxy) is 1. The van der Waals surface area contributed by atoms with Crippen LogP contribution < -0.4 is 20.3 Å². The molecule has 1 aromatic heterocycles. The molecule has 1 aromatic carbocycles. The smallest absolute Gasteiger partial charge is 0.191 e. The number of nitrogens with zero attached hydrogens (tertiary/aromatic N) is 3. The molecule has 1 atom stereocenters. The van der Waals surface area contributed by atoms with Crippen LogP contribution in [0.4, 0.5) is 5.69 Å². The maximum absolute atomic E-state index is 6.17. The van der Waals surface area contributed by atoms with Crippen LogP contribution >= 0.6 is 46.9 Å². The Balaban J connectivity index is 0.00000280. The lowest BCUT2D eigenvalue weighted by molar-refractivity contribution is 0.415. The van der Waals surface area contributed by atoms with E-state index in [0.717, 1.165) is 59.1 Å². The first-order valence-corrected chi connectivity index (χ1v) is 10.4. The molecule has 2 heterocycles. The minimum absolute atomic E-state index is 0. The molecule has 0 radical (unpaired) electrons. The van der Waals surface area contributed by atoms with Crippen LogP contribution in [-0.2, 0) is 13.0 Å². The number of nitrogens with one attached hydrogen (secondary N) is 2. The summed E-state index contributed by atoms with van der Waals surface area (Å²) in [6.07, 6.45) is 2.00. The number of aliphatic imine (C=N–C) groups is 1. The zero-order valence-corrected chi connectivity index (χ0v) is 20.3. The van der Waals surface area contributed by atoms with Crippen molar-refractivity contribution in [2.75, 3.05) is 32.1 Å². The average molecular weight is 536 g/mol. The summed E-state index contributed by atoms with van der Waals surface area (Å²) in [5, 5.41) is 10.8. The van der Waals surface area contributed by atoms with Gasteiger partial charge in [-0.15, -0.1) is 35.3 Å². The number of hydrogen-bond acceptors (Lipinski definition) is 5. The largest absolute Gasteiger partial charge is 0.495 e. The Labute approximate surface area is 192 Å². The fourth-order valence-corrected chi connectivity index (χ4v) is 4.07. The Morgan fingerprint density at radius 3 is 2.96 bits per heavy atom. The Morgan fingerprint density at radius 2 is 2.29 bits per heavy atom. The van der Waals surface area contributed by atoms with Gasteiger partial charge in [-0.3, -0.25) is 4.99 Å². The first kappa shape index (κ1) is 23.0. The minimum Gasteiger partial charge on any atom is -0.495 e. The maximum atomic E-state index is 6.17. The van der Waals surface area contributed by atoms with Crippen molar-refractivity contribution in [1.29, 1.82) is 0 Å². The summed E-state index contributed by atoms with van der Waals surface area (Å²) >= 11 is 7.88. The number of thiazole rings is 1. The number of halogens is 2. The summed E-state index contributed by atoms with van der Waals surface area (Å²) in [6.45, 7) is 4.61. The number of anilines is 1. The van der Waals surface area contributed by atoms with Gasteiger partial charge in [0.05, 0.1) is 30.0 Å². The second kappa shape index (κ2) is 11.1. The van der Waals surface area contributed by atoms with Gasteiger partial charge < -0.3 is 20.3 Å². The van der Waals surface area contributed by atoms with Gasteiger partial charge in [-0.1, -0.05) is 18.5 Å². The SMILES string of the molecule is CCc1nc(CNC(=NC)NC2CCN(c3cc(Cl)ccc3OC)C2)cs1.I. The van der Waals surface area contributed by atoms with E-state index in [4.69, 9.17) is 16.3 Å². The number of benzene rings is 1. The maximum Gasteiger partial charge on any atom is 0.191 e. The molecule has 1 aliphatic heterocycles. The quantitative estimate of drug-likeness (QED) is 0.333. The third-order valence-electron chi connectivity index (χ3n) is 4.57. The van der Waals surface area contributed by atoms with Gasteiger partial charge in [-0.2, -0.15) is 0 Å². The highest BCUT2D eigenvalue weighted by molar-refractivity contribution is 14.0. The summed E-state index contributed by atoms with van der Waals surface area (Å²) in [7, 11) is 3.48. The molecular formula is C19H27ClIN5OS. The zero-order valence-electron chi connectivity index (χ0n) is 16.4. The van der Waals surface area contributed by atoms with E-state index in [1.807, 2.05) is 18.2 Å². The standard InChI is InChI=1S/C19H26ClN5OS.HI/c1-4-18-23-15(12-27-18)10-22-19(21-2)24-14-7-8-25(11-14)16-9-13(20)5-6-17(16)26-3;/h5-6,9,12,14H,4,7-8,10-11H2,1-3H3,(H2,21,22,24);1H. The van der Waals surface area contributed by atoms with Gasteiger partial charge in [0.2, 0.25) is 0 Å². The van der Waals surface area contributed by atoms with E-state index in [-0.39, 0.29) is 24.0 Å². The topological polar surface area (TPSA) is 61.8 Å². The summed E-state index contributed by atoms with van der Waals surface area (Å²) in [4.78, 5) is 11.2. The number of rotatable bonds is 6. The highest BCUT2D eigenvalue weighted by atomic mass is 127. The molecule has 9 heteroatoms. The summed E-state index contributed by atoms with van der Waals surface area (Å²) in [5.41, 5.74) is 2.09. The van der Waals surface area contributed by atoms with E-state index in [9.17, 15) is 0 Å². The number of hydrogen-bond donors (Lipinski definition) is 2. The Hall–Kier alpha value is -1.26. The molecule has 1 fully saturated rings. The number of aryl methyl sites for hydroxylation is 1. The van der Waals surface area contributed by atoms with Gasteiger partial charge in [0.25, 0.3) is 0 Å². The predicted molar refractivity (Wildman–Crippen MR) is 129 cm³/mol. The molecule has 28 heavy (non-hydrogen) atoms. The van der Waals surface area contributed by atoms with E-state index >= 15 is 0 Å². The van der Waals surface area contributed by atoms with Crippen LogP contribution in [0.25, 0.3) is 0 Å². The summed E-state index contributed by atoms with van der Waals surface area (Å²) < 4.78 is 5.49. The number of guanidine groups is 1. The molecule has 1 aliphatic rings. The fourth-order valence-electron chi connectivity index (χ4n) is 3.16. The lowest BCUT2D eigenvalue weighted by Gasteiger charge is -2.22. The van der Waals surface area contributed by atoms with E-state index in [1.165, 1.54) is 0 Å². The lowest BCUT2D eigenvalue weighted by atomic mass is 10.2. The van der Waals surface area contributed by atoms with Crippen LogP contribution in [0, 0.1) is 0 Å². The van der Waals surface area contributed by atoms with Gasteiger partial charge in [-0.05, 0) is 31.0 Å². The molecule has 0 aliphatic carbocycles. The van der Waals surface area contributed by atoms with Crippen LogP contribution in [0.1, 0.15) is 24.0 Å². The molecule has 6 nitrogen and oxygen atoms in total. The van der Waals surface area contributed by atoms with Crippen molar-refractivity contribution in [2.24, 2.45) is 4.99 Å². The molecule has 0 spiro atoms. The predicted octanol–water partition coefficient (Wildman–Crippen LogP) is 3.93. The second-order valence-electron chi connectivity index (χ2n) is 6.40. The van der Waals surface area contributed by atoms with E-state index < -0.39 is 0 Å². The van der Waals surface area contributed by atoms with Crippen molar-refractivity contribution in [3.63, 3.8) is 0 Å². The Morgan fingerprint density at radius 1 is 1.46 bits per heavy atom. The molecular weight excluding hydrogens is 509 g/mol.